The van der Waals surface area contributed by atoms with Crippen molar-refractivity contribution in [2.24, 2.45) is 28.6 Å². The number of fused-ring (bicyclic) bond motifs is 1. The minimum absolute atomic E-state index is 0.171. The van der Waals surface area contributed by atoms with E-state index in [1.165, 1.54) is 0 Å². The standard InChI is InChI=1S/C20H30O5/c1-10-8-19-12(3)6-11(2)18(4,5)14(17(19)24)7-13(9-21)16(23)20(19,25)15(10)22/h7-8,11-12,14-16,21-23,25H,6,9H2,1-5H3/t11-,12?,14+,15-,16+,19+,20+/m0/s1. The van der Waals surface area contributed by atoms with Crippen LogP contribution in [0.4, 0.5) is 0 Å². The van der Waals surface area contributed by atoms with Crippen molar-refractivity contribution in [1.29, 1.82) is 0 Å². The van der Waals surface area contributed by atoms with E-state index >= 15 is 0 Å². The fraction of sp³-hybridized carbons (Fsp3) is 0.750. The smallest absolute Gasteiger partial charge is 0.153 e. The van der Waals surface area contributed by atoms with Crippen molar-refractivity contribution < 1.29 is 25.2 Å². The highest BCUT2D eigenvalue weighted by atomic mass is 16.4. The molecule has 1 saturated carbocycles. The zero-order valence-electron chi connectivity index (χ0n) is 15.7. The summed E-state index contributed by atoms with van der Waals surface area (Å²) in [5.41, 5.74) is -3.12. The number of hydrogen-bond acceptors (Lipinski definition) is 5. The molecule has 2 bridgehead atoms. The predicted octanol–water partition coefficient (Wildman–Crippen LogP) is 1.21. The molecular formula is C20H30O5. The van der Waals surface area contributed by atoms with E-state index in [0.717, 1.165) is 0 Å². The Hall–Kier alpha value is -1.01. The maximum Gasteiger partial charge on any atom is 0.153 e. The van der Waals surface area contributed by atoms with Crippen LogP contribution in [0, 0.1) is 28.6 Å². The van der Waals surface area contributed by atoms with Crippen LogP contribution in [0.25, 0.3) is 0 Å². The van der Waals surface area contributed by atoms with Crippen LogP contribution in [0.3, 0.4) is 0 Å². The molecule has 0 aromatic carbocycles. The first-order valence-electron chi connectivity index (χ1n) is 9.09. The molecule has 3 aliphatic rings. The lowest BCUT2D eigenvalue weighted by Crippen LogP contribution is -2.65. The molecule has 1 spiro atoms. The Morgan fingerprint density at radius 2 is 1.76 bits per heavy atom. The Morgan fingerprint density at radius 1 is 1.16 bits per heavy atom. The van der Waals surface area contributed by atoms with Gasteiger partial charge in [-0.3, -0.25) is 4.79 Å². The lowest BCUT2D eigenvalue weighted by Gasteiger charge is -2.47. The molecule has 0 saturated heterocycles. The highest BCUT2D eigenvalue weighted by molar-refractivity contribution is 5.95. The largest absolute Gasteiger partial charge is 0.392 e. The van der Waals surface area contributed by atoms with Gasteiger partial charge in [0, 0.05) is 5.92 Å². The molecule has 3 aliphatic carbocycles. The fourth-order valence-electron chi connectivity index (χ4n) is 5.49. The number of aliphatic hydroxyl groups excluding tert-OH is 3. The number of rotatable bonds is 1. The summed E-state index contributed by atoms with van der Waals surface area (Å²) < 4.78 is 0. The van der Waals surface area contributed by atoms with Crippen molar-refractivity contribution in [3.05, 3.63) is 23.3 Å². The molecule has 7 atom stereocenters. The van der Waals surface area contributed by atoms with Gasteiger partial charge in [-0.2, -0.15) is 0 Å². The zero-order chi connectivity index (χ0) is 18.9. The summed E-state index contributed by atoms with van der Waals surface area (Å²) in [6, 6.07) is 0. The van der Waals surface area contributed by atoms with Gasteiger partial charge in [0.1, 0.15) is 17.8 Å². The molecular weight excluding hydrogens is 320 g/mol. The van der Waals surface area contributed by atoms with E-state index in [9.17, 15) is 25.2 Å². The Balaban J connectivity index is 2.38. The SMILES string of the molecule is CC1=C[C@@]23C(=O)[C@@H](C=C(CO)[C@@H](O)[C@]2(O)[C@H]1O)C(C)(C)[C@@H](C)CC3C. The summed E-state index contributed by atoms with van der Waals surface area (Å²) in [5.74, 6) is -0.779. The molecule has 0 aromatic rings. The van der Waals surface area contributed by atoms with Crippen LogP contribution in [0.1, 0.15) is 41.0 Å². The molecule has 5 nitrogen and oxygen atoms in total. The van der Waals surface area contributed by atoms with E-state index in [-0.39, 0.29) is 23.2 Å². The molecule has 0 radical (unpaired) electrons. The second-order valence-corrected chi connectivity index (χ2v) is 8.99. The van der Waals surface area contributed by atoms with E-state index in [2.05, 4.69) is 6.92 Å². The third kappa shape index (κ3) is 2.01. The van der Waals surface area contributed by atoms with Gasteiger partial charge < -0.3 is 20.4 Å². The van der Waals surface area contributed by atoms with Crippen LogP contribution in [-0.2, 0) is 4.79 Å². The quantitative estimate of drug-likeness (QED) is 0.533. The van der Waals surface area contributed by atoms with Gasteiger partial charge in [0.15, 0.2) is 5.78 Å². The number of carbonyl (C=O) groups excluding carboxylic acids is 1. The van der Waals surface area contributed by atoms with Gasteiger partial charge in [-0.05, 0) is 41.7 Å². The molecule has 0 heterocycles. The summed E-state index contributed by atoms with van der Waals surface area (Å²) in [5, 5.41) is 43.1. The molecule has 25 heavy (non-hydrogen) atoms. The van der Waals surface area contributed by atoms with Crippen molar-refractivity contribution in [2.45, 2.75) is 58.8 Å². The van der Waals surface area contributed by atoms with Crippen molar-refractivity contribution in [3.63, 3.8) is 0 Å². The number of allylic oxidation sites excluding steroid dienone is 1. The lowest BCUT2D eigenvalue weighted by molar-refractivity contribution is -0.189. The molecule has 140 valence electrons. The molecule has 1 fully saturated rings. The number of carbonyl (C=O) groups is 1. The fourth-order valence-corrected chi connectivity index (χ4v) is 5.49. The Kier molecular flexibility index (Phi) is 4.12. The highest BCUT2D eigenvalue weighted by Gasteiger charge is 2.71. The van der Waals surface area contributed by atoms with Gasteiger partial charge in [-0.1, -0.05) is 39.8 Å². The van der Waals surface area contributed by atoms with E-state index in [1.54, 1.807) is 19.1 Å². The second-order valence-electron chi connectivity index (χ2n) is 8.99. The summed E-state index contributed by atoms with van der Waals surface area (Å²) in [6.07, 6.45) is 1.17. The monoisotopic (exact) mass is 350 g/mol. The van der Waals surface area contributed by atoms with Crippen molar-refractivity contribution in [3.8, 4) is 0 Å². The van der Waals surface area contributed by atoms with Gasteiger partial charge in [0.25, 0.3) is 0 Å². The van der Waals surface area contributed by atoms with Gasteiger partial charge in [0.2, 0.25) is 0 Å². The normalized spacial score (nSPS) is 49.0. The Bertz CT molecular complexity index is 663. The van der Waals surface area contributed by atoms with Crippen molar-refractivity contribution in [2.75, 3.05) is 6.61 Å². The van der Waals surface area contributed by atoms with Gasteiger partial charge in [-0.25, -0.2) is 0 Å². The average molecular weight is 350 g/mol. The van der Waals surface area contributed by atoms with E-state index in [1.807, 2.05) is 20.8 Å². The topological polar surface area (TPSA) is 98.0 Å². The minimum atomic E-state index is -2.06. The summed E-state index contributed by atoms with van der Waals surface area (Å²) in [7, 11) is 0. The van der Waals surface area contributed by atoms with Crippen LogP contribution < -0.4 is 0 Å². The summed E-state index contributed by atoms with van der Waals surface area (Å²) >= 11 is 0. The van der Waals surface area contributed by atoms with Crippen molar-refractivity contribution in [1.82, 2.24) is 0 Å². The molecule has 4 N–H and O–H groups in total. The molecule has 0 aromatic heterocycles. The van der Waals surface area contributed by atoms with Crippen LogP contribution in [0.15, 0.2) is 23.3 Å². The van der Waals surface area contributed by atoms with E-state index in [0.29, 0.717) is 12.0 Å². The van der Waals surface area contributed by atoms with Gasteiger partial charge >= 0.3 is 0 Å². The van der Waals surface area contributed by atoms with E-state index in [4.69, 9.17) is 0 Å². The van der Waals surface area contributed by atoms with Crippen LogP contribution >= 0.6 is 0 Å². The summed E-state index contributed by atoms with van der Waals surface area (Å²) in [4.78, 5) is 13.8. The van der Waals surface area contributed by atoms with Crippen molar-refractivity contribution >= 4 is 5.78 Å². The maximum atomic E-state index is 13.8. The molecule has 0 amide bonds. The van der Waals surface area contributed by atoms with Crippen LogP contribution in [0.2, 0.25) is 0 Å². The maximum absolute atomic E-state index is 13.8. The Labute approximate surface area is 149 Å². The molecule has 3 rings (SSSR count). The van der Waals surface area contributed by atoms with Gasteiger partial charge in [0.05, 0.1) is 12.0 Å². The number of hydrogen-bond donors (Lipinski definition) is 4. The van der Waals surface area contributed by atoms with E-state index < -0.39 is 41.2 Å². The van der Waals surface area contributed by atoms with Gasteiger partial charge in [-0.15, -0.1) is 0 Å². The molecule has 0 aliphatic heterocycles. The first-order chi connectivity index (χ1) is 11.5. The van der Waals surface area contributed by atoms with Crippen LogP contribution in [-0.4, -0.2) is 50.6 Å². The predicted molar refractivity (Wildman–Crippen MR) is 93.5 cm³/mol. The minimum Gasteiger partial charge on any atom is -0.392 e. The highest BCUT2D eigenvalue weighted by Crippen LogP contribution is 2.61. The molecule has 1 unspecified atom stereocenters. The second kappa shape index (κ2) is 5.49. The first kappa shape index (κ1) is 18.8. The Morgan fingerprint density at radius 3 is 2.32 bits per heavy atom. The summed E-state index contributed by atoms with van der Waals surface area (Å²) in [6.45, 7) is 9.27. The third-order valence-corrected chi connectivity index (χ3v) is 7.54. The molecule has 5 heteroatoms. The first-order valence-corrected chi connectivity index (χ1v) is 9.09. The number of aliphatic hydroxyl groups is 4. The average Bonchev–Trinajstić information content (AvgIpc) is 2.69. The third-order valence-electron chi connectivity index (χ3n) is 7.54. The lowest BCUT2D eigenvalue weighted by atomic mass is 9.59. The number of ketones is 1. The number of Topliss-reactive ketones (excluding diaryl/α,β-unsaturated/α-hetero) is 1. The van der Waals surface area contributed by atoms with Crippen LogP contribution in [0.5, 0.6) is 0 Å². The zero-order valence-corrected chi connectivity index (χ0v) is 15.7.